The van der Waals surface area contributed by atoms with Gasteiger partial charge in [-0.05, 0) is 49.2 Å². The summed E-state index contributed by atoms with van der Waals surface area (Å²) in [7, 11) is 0. The van der Waals surface area contributed by atoms with E-state index in [1.807, 2.05) is 31.2 Å². The van der Waals surface area contributed by atoms with Crippen molar-refractivity contribution < 1.29 is 5.11 Å². The Bertz CT molecular complexity index is 554. The first-order chi connectivity index (χ1) is 8.58. The van der Waals surface area contributed by atoms with Gasteiger partial charge in [-0.15, -0.1) is 0 Å². The van der Waals surface area contributed by atoms with E-state index in [9.17, 15) is 5.11 Å². The van der Waals surface area contributed by atoms with Crippen molar-refractivity contribution in [3.05, 3.63) is 58.1 Å². The summed E-state index contributed by atoms with van der Waals surface area (Å²) >= 11 is 3.56. The molecule has 94 valence electrons. The van der Waals surface area contributed by atoms with Crippen LogP contribution >= 0.6 is 15.9 Å². The molecule has 2 aromatic rings. The molecule has 0 fully saturated rings. The van der Waals surface area contributed by atoms with E-state index < -0.39 is 0 Å². The zero-order valence-electron chi connectivity index (χ0n) is 10.4. The van der Waals surface area contributed by atoms with Crippen LogP contribution < -0.4 is 5.32 Å². The van der Waals surface area contributed by atoms with Crippen LogP contribution in [0.4, 0.5) is 5.69 Å². The smallest absolute Gasteiger partial charge is 0.115 e. The van der Waals surface area contributed by atoms with Crippen LogP contribution in [0.15, 0.2) is 46.9 Å². The van der Waals surface area contributed by atoms with Crippen LogP contribution in [0.1, 0.15) is 24.1 Å². The first-order valence-corrected chi connectivity index (χ1v) is 6.68. The largest absolute Gasteiger partial charge is 0.508 e. The van der Waals surface area contributed by atoms with Crippen molar-refractivity contribution in [3.63, 3.8) is 0 Å². The fourth-order valence-electron chi connectivity index (χ4n) is 1.95. The van der Waals surface area contributed by atoms with Crippen LogP contribution in [0.3, 0.4) is 0 Å². The summed E-state index contributed by atoms with van der Waals surface area (Å²) in [6.07, 6.45) is 0. The van der Waals surface area contributed by atoms with Crippen molar-refractivity contribution >= 4 is 21.6 Å². The van der Waals surface area contributed by atoms with Crippen molar-refractivity contribution in [1.29, 1.82) is 0 Å². The molecular weight excluding hydrogens is 290 g/mol. The number of anilines is 1. The molecular formula is C15H16BrNO. The maximum Gasteiger partial charge on any atom is 0.115 e. The predicted octanol–water partition coefficient (Wildman–Crippen LogP) is 4.64. The Balaban J connectivity index is 2.21. The van der Waals surface area contributed by atoms with E-state index in [2.05, 4.69) is 34.2 Å². The summed E-state index contributed by atoms with van der Waals surface area (Å²) in [5, 5.41) is 12.9. The molecule has 0 bridgehead atoms. The maximum atomic E-state index is 9.40. The number of nitrogens with one attached hydrogen (secondary N) is 1. The standard InChI is InChI=1S/C15H16BrNO/c1-10-9-12(18)7-8-15(10)17-11(2)13-5-3-4-6-14(13)16/h3-9,11,17-18H,1-2H3. The highest BCUT2D eigenvalue weighted by molar-refractivity contribution is 9.10. The molecule has 0 aromatic heterocycles. The normalized spacial score (nSPS) is 12.2. The number of benzene rings is 2. The van der Waals surface area contributed by atoms with E-state index in [1.54, 1.807) is 12.1 Å². The number of hydrogen-bond acceptors (Lipinski definition) is 2. The van der Waals surface area contributed by atoms with Crippen LogP contribution in [0, 0.1) is 6.92 Å². The van der Waals surface area contributed by atoms with E-state index in [0.717, 1.165) is 15.7 Å². The van der Waals surface area contributed by atoms with Gasteiger partial charge in [0, 0.05) is 16.2 Å². The van der Waals surface area contributed by atoms with E-state index in [1.165, 1.54) is 5.56 Å². The molecule has 18 heavy (non-hydrogen) atoms. The van der Waals surface area contributed by atoms with Gasteiger partial charge in [0.05, 0.1) is 0 Å². The number of phenolic OH excluding ortho intramolecular Hbond substituents is 1. The maximum absolute atomic E-state index is 9.40. The van der Waals surface area contributed by atoms with E-state index in [0.29, 0.717) is 5.75 Å². The Kier molecular flexibility index (Phi) is 3.92. The topological polar surface area (TPSA) is 32.3 Å². The summed E-state index contributed by atoms with van der Waals surface area (Å²) in [5.41, 5.74) is 3.29. The van der Waals surface area contributed by atoms with Gasteiger partial charge in [-0.1, -0.05) is 34.1 Å². The van der Waals surface area contributed by atoms with Gasteiger partial charge in [-0.25, -0.2) is 0 Å². The van der Waals surface area contributed by atoms with Gasteiger partial charge in [-0.3, -0.25) is 0 Å². The second-order valence-electron chi connectivity index (χ2n) is 4.39. The SMILES string of the molecule is Cc1cc(O)ccc1NC(C)c1ccccc1Br. The lowest BCUT2D eigenvalue weighted by Crippen LogP contribution is -2.08. The first kappa shape index (κ1) is 13.0. The number of halogens is 1. The third-order valence-corrected chi connectivity index (χ3v) is 3.68. The highest BCUT2D eigenvalue weighted by Gasteiger charge is 2.09. The lowest BCUT2D eigenvalue weighted by atomic mass is 10.1. The average Bonchev–Trinajstić information content (AvgIpc) is 2.33. The predicted molar refractivity (Wildman–Crippen MR) is 79.0 cm³/mol. The van der Waals surface area contributed by atoms with E-state index in [-0.39, 0.29) is 6.04 Å². The highest BCUT2D eigenvalue weighted by atomic mass is 79.9. The van der Waals surface area contributed by atoms with Gasteiger partial charge in [-0.2, -0.15) is 0 Å². The van der Waals surface area contributed by atoms with Crippen LogP contribution in [0.25, 0.3) is 0 Å². The molecule has 0 aliphatic rings. The molecule has 0 heterocycles. The molecule has 3 heteroatoms. The van der Waals surface area contributed by atoms with Crippen LogP contribution in [-0.2, 0) is 0 Å². The van der Waals surface area contributed by atoms with E-state index in [4.69, 9.17) is 0 Å². The Morgan fingerprint density at radius 1 is 1.17 bits per heavy atom. The molecule has 0 saturated heterocycles. The number of hydrogen-bond donors (Lipinski definition) is 2. The zero-order valence-corrected chi connectivity index (χ0v) is 12.0. The van der Waals surface area contributed by atoms with Gasteiger partial charge >= 0.3 is 0 Å². The third-order valence-electron chi connectivity index (χ3n) is 2.95. The molecule has 0 amide bonds. The molecule has 2 N–H and O–H groups in total. The lowest BCUT2D eigenvalue weighted by molar-refractivity contribution is 0.475. The van der Waals surface area contributed by atoms with Gasteiger partial charge < -0.3 is 10.4 Å². The zero-order chi connectivity index (χ0) is 13.1. The average molecular weight is 306 g/mol. The number of phenols is 1. The van der Waals surface area contributed by atoms with Crippen molar-refractivity contribution in [2.24, 2.45) is 0 Å². The minimum atomic E-state index is 0.198. The van der Waals surface area contributed by atoms with Gasteiger partial charge in [0.15, 0.2) is 0 Å². The summed E-state index contributed by atoms with van der Waals surface area (Å²) in [4.78, 5) is 0. The van der Waals surface area contributed by atoms with Crippen LogP contribution in [0.2, 0.25) is 0 Å². The fourth-order valence-corrected chi connectivity index (χ4v) is 2.58. The molecule has 0 radical (unpaired) electrons. The quantitative estimate of drug-likeness (QED) is 0.810. The molecule has 0 spiro atoms. The third kappa shape index (κ3) is 2.85. The Morgan fingerprint density at radius 3 is 2.56 bits per heavy atom. The summed E-state index contributed by atoms with van der Waals surface area (Å²) in [6, 6.07) is 13.7. The Hall–Kier alpha value is -1.48. The summed E-state index contributed by atoms with van der Waals surface area (Å²) < 4.78 is 1.10. The fraction of sp³-hybridized carbons (Fsp3) is 0.200. The molecule has 1 unspecified atom stereocenters. The number of aryl methyl sites for hydroxylation is 1. The Labute approximate surface area is 116 Å². The lowest BCUT2D eigenvalue weighted by Gasteiger charge is -2.18. The highest BCUT2D eigenvalue weighted by Crippen LogP contribution is 2.28. The molecule has 0 aliphatic heterocycles. The minimum absolute atomic E-state index is 0.198. The van der Waals surface area contributed by atoms with E-state index >= 15 is 0 Å². The summed E-state index contributed by atoms with van der Waals surface area (Å²) in [6.45, 7) is 4.10. The second kappa shape index (κ2) is 5.44. The molecule has 0 saturated carbocycles. The van der Waals surface area contributed by atoms with Crippen molar-refractivity contribution in [2.45, 2.75) is 19.9 Å². The monoisotopic (exact) mass is 305 g/mol. The summed E-state index contributed by atoms with van der Waals surface area (Å²) in [5.74, 6) is 0.298. The molecule has 1 atom stereocenters. The molecule has 0 aliphatic carbocycles. The van der Waals surface area contributed by atoms with Crippen molar-refractivity contribution in [2.75, 3.05) is 5.32 Å². The van der Waals surface area contributed by atoms with Crippen LogP contribution in [0.5, 0.6) is 5.75 Å². The number of rotatable bonds is 3. The van der Waals surface area contributed by atoms with Gasteiger partial charge in [0.1, 0.15) is 5.75 Å². The molecule has 2 rings (SSSR count). The van der Waals surface area contributed by atoms with Gasteiger partial charge in [0.2, 0.25) is 0 Å². The molecule has 2 nitrogen and oxygen atoms in total. The van der Waals surface area contributed by atoms with Crippen molar-refractivity contribution in [3.8, 4) is 5.75 Å². The molecule has 2 aromatic carbocycles. The first-order valence-electron chi connectivity index (χ1n) is 5.88. The second-order valence-corrected chi connectivity index (χ2v) is 5.24. The van der Waals surface area contributed by atoms with Crippen molar-refractivity contribution in [1.82, 2.24) is 0 Å². The Morgan fingerprint density at radius 2 is 1.89 bits per heavy atom. The minimum Gasteiger partial charge on any atom is -0.508 e. The van der Waals surface area contributed by atoms with Gasteiger partial charge in [0.25, 0.3) is 0 Å². The van der Waals surface area contributed by atoms with Crippen LogP contribution in [-0.4, -0.2) is 5.11 Å². The number of aromatic hydroxyl groups is 1.